The highest BCUT2D eigenvalue weighted by Crippen LogP contribution is 2.33. The van der Waals surface area contributed by atoms with Crippen molar-refractivity contribution in [1.29, 1.82) is 0 Å². The van der Waals surface area contributed by atoms with Gasteiger partial charge in [0, 0.05) is 13.2 Å². The van der Waals surface area contributed by atoms with Crippen LogP contribution in [-0.4, -0.2) is 11.9 Å². The van der Waals surface area contributed by atoms with Crippen molar-refractivity contribution in [3.05, 3.63) is 96.2 Å². The highest BCUT2D eigenvalue weighted by molar-refractivity contribution is 5.65. The van der Waals surface area contributed by atoms with Crippen molar-refractivity contribution in [2.45, 2.75) is 26.3 Å². The summed E-state index contributed by atoms with van der Waals surface area (Å²) in [5, 5.41) is 0. The van der Waals surface area contributed by atoms with E-state index in [2.05, 4.69) is 99.3 Å². The standard InChI is InChI=1S/C24H27N/c1-5-9-20-12-13-21(19-10-7-6-8-11-19)16-23(20)24-15-14-22(18(2)3)17-25(24)4/h5-8,10-18,24H,1,9H2,2-4H3. The summed E-state index contributed by atoms with van der Waals surface area (Å²) in [5.74, 6) is 0.544. The van der Waals surface area contributed by atoms with Gasteiger partial charge in [0.25, 0.3) is 0 Å². The first-order valence-electron chi connectivity index (χ1n) is 9.01. The summed E-state index contributed by atoms with van der Waals surface area (Å²) in [5.41, 5.74) is 6.61. The van der Waals surface area contributed by atoms with Crippen LogP contribution in [0.25, 0.3) is 11.1 Å². The second kappa shape index (κ2) is 7.57. The number of likely N-dealkylation sites (N-methyl/N-ethyl adjacent to an activating group) is 1. The van der Waals surface area contributed by atoms with E-state index in [0.29, 0.717) is 5.92 Å². The molecule has 1 aliphatic heterocycles. The third-order valence-electron chi connectivity index (χ3n) is 4.87. The van der Waals surface area contributed by atoms with Crippen LogP contribution in [0.5, 0.6) is 0 Å². The average molecular weight is 329 g/mol. The molecule has 0 spiro atoms. The molecule has 2 aromatic rings. The van der Waals surface area contributed by atoms with Crippen LogP contribution >= 0.6 is 0 Å². The first-order valence-corrected chi connectivity index (χ1v) is 9.01. The zero-order chi connectivity index (χ0) is 17.8. The van der Waals surface area contributed by atoms with E-state index < -0.39 is 0 Å². The van der Waals surface area contributed by atoms with E-state index >= 15 is 0 Å². The van der Waals surface area contributed by atoms with Crippen LogP contribution in [0.1, 0.15) is 31.0 Å². The van der Waals surface area contributed by atoms with E-state index in [-0.39, 0.29) is 6.04 Å². The maximum absolute atomic E-state index is 3.93. The molecule has 25 heavy (non-hydrogen) atoms. The van der Waals surface area contributed by atoms with Gasteiger partial charge >= 0.3 is 0 Å². The molecule has 0 amide bonds. The van der Waals surface area contributed by atoms with Gasteiger partial charge in [-0.25, -0.2) is 0 Å². The number of allylic oxidation sites excluding steroid dienone is 3. The van der Waals surface area contributed by atoms with Crippen LogP contribution in [0.3, 0.4) is 0 Å². The van der Waals surface area contributed by atoms with Gasteiger partial charge in [-0.2, -0.15) is 0 Å². The molecule has 0 fully saturated rings. The van der Waals surface area contributed by atoms with E-state index in [9.17, 15) is 0 Å². The molecule has 0 aliphatic carbocycles. The summed E-state index contributed by atoms with van der Waals surface area (Å²) in [4.78, 5) is 2.33. The second-order valence-corrected chi connectivity index (χ2v) is 7.03. The van der Waals surface area contributed by atoms with E-state index in [1.807, 2.05) is 6.08 Å². The zero-order valence-electron chi connectivity index (χ0n) is 15.4. The van der Waals surface area contributed by atoms with Crippen LogP contribution in [0.4, 0.5) is 0 Å². The Hall–Kier alpha value is -2.54. The molecule has 1 aliphatic rings. The Kier molecular flexibility index (Phi) is 5.23. The van der Waals surface area contributed by atoms with Crippen LogP contribution in [-0.2, 0) is 6.42 Å². The van der Waals surface area contributed by atoms with Crippen molar-refractivity contribution < 1.29 is 0 Å². The minimum atomic E-state index is 0.265. The summed E-state index contributed by atoms with van der Waals surface area (Å²) in [6, 6.07) is 17.7. The second-order valence-electron chi connectivity index (χ2n) is 7.03. The molecule has 1 heterocycles. The van der Waals surface area contributed by atoms with Crippen molar-refractivity contribution in [2.75, 3.05) is 7.05 Å². The van der Waals surface area contributed by atoms with Gasteiger partial charge in [-0.3, -0.25) is 0 Å². The molecule has 128 valence electrons. The molecule has 0 N–H and O–H groups in total. The summed E-state index contributed by atoms with van der Waals surface area (Å²) >= 11 is 0. The quantitative estimate of drug-likeness (QED) is 0.593. The lowest BCUT2D eigenvalue weighted by molar-refractivity contribution is 0.380. The summed E-state index contributed by atoms with van der Waals surface area (Å²) in [6.07, 6.45) is 9.77. The molecule has 0 saturated heterocycles. The minimum absolute atomic E-state index is 0.265. The van der Waals surface area contributed by atoms with E-state index in [1.54, 1.807) is 0 Å². The molecule has 0 radical (unpaired) electrons. The fourth-order valence-corrected chi connectivity index (χ4v) is 3.38. The van der Waals surface area contributed by atoms with Crippen LogP contribution in [0.2, 0.25) is 0 Å². The lowest BCUT2D eigenvalue weighted by Gasteiger charge is -2.31. The van der Waals surface area contributed by atoms with Crippen molar-refractivity contribution in [1.82, 2.24) is 4.90 Å². The zero-order valence-corrected chi connectivity index (χ0v) is 15.4. The number of hydrogen-bond donors (Lipinski definition) is 0. The topological polar surface area (TPSA) is 3.24 Å². The Morgan fingerprint density at radius 1 is 1.08 bits per heavy atom. The molecular weight excluding hydrogens is 302 g/mol. The maximum atomic E-state index is 3.93. The molecule has 0 aromatic heterocycles. The van der Waals surface area contributed by atoms with Gasteiger partial charge in [0.1, 0.15) is 0 Å². The normalized spacial score (nSPS) is 16.9. The molecule has 1 unspecified atom stereocenters. The van der Waals surface area contributed by atoms with Crippen LogP contribution in [0, 0.1) is 5.92 Å². The van der Waals surface area contributed by atoms with Crippen molar-refractivity contribution >= 4 is 0 Å². The van der Waals surface area contributed by atoms with Gasteiger partial charge in [-0.05, 0) is 46.2 Å². The van der Waals surface area contributed by atoms with Crippen molar-refractivity contribution in [3.8, 4) is 11.1 Å². The van der Waals surface area contributed by atoms with E-state index in [4.69, 9.17) is 0 Å². The Morgan fingerprint density at radius 2 is 1.84 bits per heavy atom. The predicted octanol–water partition coefficient (Wildman–Crippen LogP) is 6.16. The molecular formula is C24H27N. The highest BCUT2D eigenvalue weighted by Gasteiger charge is 2.20. The van der Waals surface area contributed by atoms with Gasteiger partial charge in [0.2, 0.25) is 0 Å². The summed E-state index contributed by atoms with van der Waals surface area (Å²) in [7, 11) is 2.17. The lowest BCUT2D eigenvalue weighted by atomic mass is 9.90. The summed E-state index contributed by atoms with van der Waals surface area (Å²) < 4.78 is 0. The first kappa shape index (κ1) is 17.3. The van der Waals surface area contributed by atoms with Gasteiger partial charge in [-0.15, -0.1) is 6.58 Å². The predicted molar refractivity (Wildman–Crippen MR) is 108 cm³/mol. The van der Waals surface area contributed by atoms with E-state index in [1.165, 1.54) is 27.8 Å². The number of nitrogens with zero attached hydrogens (tertiary/aromatic N) is 1. The van der Waals surface area contributed by atoms with Gasteiger partial charge < -0.3 is 4.90 Å². The monoisotopic (exact) mass is 329 g/mol. The molecule has 0 saturated carbocycles. The van der Waals surface area contributed by atoms with Gasteiger partial charge in [0.05, 0.1) is 6.04 Å². The maximum Gasteiger partial charge on any atom is 0.0724 e. The molecule has 1 atom stereocenters. The Morgan fingerprint density at radius 3 is 2.48 bits per heavy atom. The molecule has 1 nitrogen and oxygen atoms in total. The number of benzene rings is 2. The Bertz CT molecular complexity index is 796. The largest absolute Gasteiger partial charge is 0.370 e. The van der Waals surface area contributed by atoms with E-state index in [0.717, 1.165) is 6.42 Å². The lowest BCUT2D eigenvalue weighted by Crippen LogP contribution is -2.22. The van der Waals surface area contributed by atoms with Crippen molar-refractivity contribution in [2.24, 2.45) is 5.92 Å². The smallest absolute Gasteiger partial charge is 0.0724 e. The summed E-state index contributed by atoms with van der Waals surface area (Å²) in [6.45, 7) is 8.41. The van der Waals surface area contributed by atoms with Gasteiger partial charge in [-0.1, -0.05) is 74.5 Å². The molecule has 0 bridgehead atoms. The fourth-order valence-electron chi connectivity index (χ4n) is 3.38. The SMILES string of the molecule is C=CCc1ccc(-c2ccccc2)cc1C1C=CC(C(C)C)=CN1C. The molecule has 1 heteroatoms. The fraction of sp³-hybridized carbons (Fsp3) is 0.250. The molecule has 2 aromatic carbocycles. The third-order valence-corrected chi connectivity index (χ3v) is 4.87. The van der Waals surface area contributed by atoms with Crippen LogP contribution in [0.15, 0.2) is 85.1 Å². The Balaban J connectivity index is 2.02. The Labute approximate surface area is 152 Å². The van der Waals surface area contributed by atoms with Crippen molar-refractivity contribution in [3.63, 3.8) is 0 Å². The highest BCUT2D eigenvalue weighted by atomic mass is 15.1. The van der Waals surface area contributed by atoms with Crippen LogP contribution < -0.4 is 0 Å². The first-order chi connectivity index (χ1) is 12.1. The third kappa shape index (κ3) is 3.76. The number of rotatable bonds is 5. The average Bonchev–Trinajstić information content (AvgIpc) is 2.63. The van der Waals surface area contributed by atoms with Gasteiger partial charge in [0.15, 0.2) is 0 Å². The molecule has 3 rings (SSSR count). The number of hydrogen-bond acceptors (Lipinski definition) is 1. The minimum Gasteiger partial charge on any atom is -0.370 e.